The minimum absolute atomic E-state index is 0.205. The van der Waals surface area contributed by atoms with Gasteiger partial charge in [0, 0.05) is 5.56 Å². The van der Waals surface area contributed by atoms with Crippen LogP contribution in [0.4, 0.5) is 0 Å². The first-order chi connectivity index (χ1) is 10.5. The summed E-state index contributed by atoms with van der Waals surface area (Å²) in [6, 6.07) is 10.7. The van der Waals surface area contributed by atoms with Gasteiger partial charge in [-0.25, -0.2) is 0 Å². The average molecular weight is 336 g/mol. The van der Waals surface area contributed by atoms with E-state index in [0.29, 0.717) is 16.3 Å². The number of nitrogens with zero attached hydrogens (tertiary/aromatic N) is 1. The fourth-order valence-corrected chi connectivity index (χ4v) is 2.55. The third-order valence-electron chi connectivity index (χ3n) is 3.21. The molecule has 114 valence electrons. The molecule has 0 radical (unpaired) electrons. The Labute approximate surface area is 140 Å². The highest BCUT2D eigenvalue weighted by Gasteiger charge is 2.15. The zero-order valence-electron chi connectivity index (χ0n) is 12.5. The molecule has 0 heterocycles. The van der Waals surface area contributed by atoms with Crippen molar-refractivity contribution in [1.29, 1.82) is 5.26 Å². The van der Waals surface area contributed by atoms with Crippen molar-refractivity contribution >= 4 is 23.2 Å². The molecular formula is C17H15Cl2NO2. The molecule has 0 saturated heterocycles. The second-order valence-corrected chi connectivity index (χ2v) is 5.80. The molecule has 0 aliphatic carbocycles. The first kappa shape index (κ1) is 16.5. The highest BCUT2D eigenvalue weighted by molar-refractivity contribution is 6.37. The first-order valence-electron chi connectivity index (χ1n) is 6.71. The topological polar surface area (TPSA) is 42.2 Å². The lowest BCUT2D eigenvalue weighted by molar-refractivity contribution is 0.405. The molecule has 2 rings (SSSR count). The summed E-state index contributed by atoms with van der Waals surface area (Å²) in [5, 5.41) is 9.59. The summed E-state index contributed by atoms with van der Waals surface area (Å²) in [5.74, 6) is 1.94. The second-order valence-electron chi connectivity index (χ2n) is 5.01. The van der Waals surface area contributed by atoms with E-state index in [1.165, 1.54) is 0 Å². The summed E-state index contributed by atoms with van der Waals surface area (Å²) in [5.41, 5.74) is 1.34. The van der Waals surface area contributed by atoms with Gasteiger partial charge < -0.3 is 9.47 Å². The largest absolute Gasteiger partial charge is 0.496 e. The van der Waals surface area contributed by atoms with Gasteiger partial charge in [0.25, 0.3) is 0 Å². The normalized spacial score (nSPS) is 10.4. The van der Waals surface area contributed by atoms with Crippen molar-refractivity contribution in [3.63, 3.8) is 0 Å². The van der Waals surface area contributed by atoms with Crippen molar-refractivity contribution in [2.75, 3.05) is 7.11 Å². The molecule has 0 aromatic heterocycles. The molecular weight excluding hydrogens is 321 g/mol. The molecule has 2 aromatic carbocycles. The van der Waals surface area contributed by atoms with Crippen LogP contribution in [0.3, 0.4) is 0 Å². The number of rotatable bonds is 4. The van der Waals surface area contributed by atoms with Gasteiger partial charge in [-0.05, 0) is 36.2 Å². The smallest absolute Gasteiger partial charge is 0.165 e. The van der Waals surface area contributed by atoms with E-state index in [2.05, 4.69) is 13.8 Å². The van der Waals surface area contributed by atoms with E-state index < -0.39 is 0 Å². The SMILES string of the molecule is COc1ccc(Oc2c(Cl)ccc(C#N)c2Cl)cc1C(C)C. The highest BCUT2D eigenvalue weighted by Crippen LogP contribution is 2.40. The first-order valence-corrected chi connectivity index (χ1v) is 7.47. The van der Waals surface area contributed by atoms with Crippen LogP contribution < -0.4 is 9.47 Å². The molecule has 0 unspecified atom stereocenters. The van der Waals surface area contributed by atoms with E-state index >= 15 is 0 Å². The molecule has 0 atom stereocenters. The van der Waals surface area contributed by atoms with Crippen LogP contribution in [0.1, 0.15) is 30.9 Å². The van der Waals surface area contributed by atoms with Crippen LogP contribution in [-0.4, -0.2) is 7.11 Å². The Kier molecular flexibility index (Phi) is 5.18. The molecule has 3 nitrogen and oxygen atoms in total. The third kappa shape index (κ3) is 3.30. The minimum atomic E-state index is 0.205. The Hall–Kier alpha value is -1.89. The third-order valence-corrected chi connectivity index (χ3v) is 3.89. The van der Waals surface area contributed by atoms with E-state index in [4.69, 9.17) is 37.9 Å². The molecule has 0 aliphatic heterocycles. The minimum Gasteiger partial charge on any atom is -0.496 e. The van der Waals surface area contributed by atoms with E-state index in [0.717, 1.165) is 11.3 Å². The van der Waals surface area contributed by atoms with Crippen LogP contribution >= 0.6 is 23.2 Å². The number of nitriles is 1. The lowest BCUT2D eigenvalue weighted by Crippen LogP contribution is -1.96. The molecule has 0 aliphatic rings. The zero-order valence-corrected chi connectivity index (χ0v) is 14.0. The maximum Gasteiger partial charge on any atom is 0.165 e. The van der Waals surface area contributed by atoms with Crippen LogP contribution in [0.5, 0.6) is 17.2 Å². The van der Waals surface area contributed by atoms with E-state index in [9.17, 15) is 0 Å². The van der Waals surface area contributed by atoms with Crippen LogP contribution in [0, 0.1) is 11.3 Å². The number of hydrogen-bond acceptors (Lipinski definition) is 3. The molecule has 0 bridgehead atoms. The van der Waals surface area contributed by atoms with Gasteiger partial charge in [-0.15, -0.1) is 0 Å². The Bertz CT molecular complexity index is 736. The summed E-state index contributed by atoms with van der Waals surface area (Å²) in [4.78, 5) is 0. The molecule has 22 heavy (non-hydrogen) atoms. The zero-order chi connectivity index (χ0) is 16.3. The Morgan fingerprint density at radius 1 is 1.14 bits per heavy atom. The van der Waals surface area contributed by atoms with Gasteiger partial charge in [0.1, 0.15) is 22.6 Å². The predicted molar refractivity (Wildman–Crippen MR) is 88.3 cm³/mol. The molecule has 5 heteroatoms. The standard InChI is InChI=1S/C17H15Cl2NO2/c1-10(2)13-8-12(5-7-15(13)21-3)22-17-14(18)6-4-11(9-20)16(17)19/h4-8,10H,1-3H3. The van der Waals surface area contributed by atoms with Gasteiger partial charge in [-0.3, -0.25) is 0 Å². The van der Waals surface area contributed by atoms with Crippen molar-refractivity contribution in [2.45, 2.75) is 19.8 Å². The van der Waals surface area contributed by atoms with Crippen molar-refractivity contribution in [3.8, 4) is 23.3 Å². The molecule has 0 spiro atoms. The molecule has 0 fully saturated rings. The van der Waals surface area contributed by atoms with Crippen molar-refractivity contribution in [3.05, 3.63) is 51.5 Å². The molecule has 0 amide bonds. The van der Waals surface area contributed by atoms with Gasteiger partial charge in [-0.2, -0.15) is 5.26 Å². The number of benzene rings is 2. The van der Waals surface area contributed by atoms with Gasteiger partial charge in [0.05, 0.1) is 17.7 Å². The number of ether oxygens (including phenoxy) is 2. The predicted octanol–water partition coefficient (Wildman–Crippen LogP) is 5.79. The Morgan fingerprint density at radius 3 is 2.45 bits per heavy atom. The van der Waals surface area contributed by atoms with Gasteiger partial charge in [-0.1, -0.05) is 37.0 Å². The van der Waals surface area contributed by atoms with Crippen LogP contribution in [0.15, 0.2) is 30.3 Å². The highest BCUT2D eigenvalue weighted by atomic mass is 35.5. The van der Waals surface area contributed by atoms with E-state index in [1.54, 1.807) is 25.3 Å². The number of methoxy groups -OCH3 is 1. The monoisotopic (exact) mass is 335 g/mol. The quantitative estimate of drug-likeness (QED) is 0.710. The van der Waals surface area contributed by atoms with Crippen LogP contribution in [0.25, 0.3) is 0 Å². The fourth-order valence-electron chi connectivity index (χ4n) is 2.06. The van der Waals surface area contributed by atoms with E-state index in [1.807, 2.05) is 18.2 Å². The van der Waals surface area contributed by atoms with Gasteiger partial charge in [0.15, 0.2) is 5.75 Å². The van der Waals surface area contributed by atoms with Crippen LogP contribution in [-0.2, 0) is 0 Å². The number of hydrogen-bond donors (Lipinski definition) is 0. The number of halogens is 2. The van der Waals surface area contributed by atoms with Crippen molar-refractivity contribution < 1.29 is 9.47 Å². The van der Waals surface area contributed by atoms with Crippen molar-refractivity contribution in [1.82, 2.24) is 0 Å². The summed E-state index contributed by atoms with van der Waals surface area (Å²) < 4.78 is 11.1. The molecule has 0 saturated carbocycles. The fraction of sp³-hybridized carbons (Fsp3) is 0.235. The van der Waals surface area contributed by atoms with E-state index in [-0.39, 0.29) is 16.7 Å². The maximum absolute atomic E-state index is 9.04. The maximum atomic E-state index is 9.04. The van der Waals surface area contributed by atoms with Gasteiger partial charge in [0.2, 0.25) is 0 Å². The Balaban J connectivity index is 2.44. The summed E-state index contributed by atoms with van der Waals surface area (Å²) >= 11 is 12.3. The Morgan fingerprint density at radius 2 is 1.86 bits per heavy atom. The lowest BCUT2D eigenvalue weighted by Gasteiger charge is -2.15. The summed E-state index contributed by atoms with van der Waals surface area (Å²) in [6.45, 7) is 4.13. The average Bonchev–Trinajstić information content (AvgIpc) is 2.51. The summed E-state index contributed by atoms with van der Waals surface area (Å²) in [7, 11) is 1.63. The molecule has 2 aromatic rings. The molecule has 0 N–H and O–H groups in total. The van der Waals surface area contributed by atoms with Gasteiger partial charge >= 0.3 is 0 Å². The lowest BCUT2D eigenvalue weighted by atomic mass is 10.0. The van der Waals surface area contributed by atoms with Crippen molar-refractivity contribution in [2.24, 2.45) is 0 Å². The summed E-state index contributed by atoms with van der Waals surface area (Å²) in [6.07, 6.45) is 0. The second kappa shape index (κ2) is 6.91. The van der Waals surface area contributed by atoms with Crippen LogP contribution in [0.2, 0.25) is 10.0 Å².